The molecule has 0 atom stereocenters. The lowest BCUT2D eigenvalue weighted by Gasteiger charge is -2.32. The zero-order valence-electron chi connectivity index (χ0n) is 41.1. The first-order chi connectivity index (χ1) is 37.2. The normalized spacial score (nSPS) is 12.6. The molecule has 1 heterocycles. The summed E-state index contributed by atoms with van der Waals surface area (Å²) in [6, 6.07) is 108. The van der Waals surface area contributed by atoms with Crippen LogP contribution in [0, 0.1) is 0 Å². The van der Waals surface area contributed by atoms with Gasteiger partial charge in [0.25, 0.3) is 0 Å². The van der Waals surface area contributed by atoms with Crippen LogP contribution in [0.1, 0.15) is 22.3 Å². The third-order valence-electron chi connectivity index (χ3n) is 16.0. The Morgan fingerprint density at radius 3 is 1.28 bits per heavy atom. The Labute approximate surface area is 437 Å². The molecular weight excluding hydrogens is 905 g/mol. The minimum atomic E-state index is -0.473. The van der Waals surface area contributed by atoms with Crippen LogP contribution < -0.4 is 4.90 Å². The molecular formula is C73H48N2. The van der Waals surface area contributed by atoms with E-state index >= 15 is 0 Å². The van der Waals surface area contributed by atoms with Gasteiger partial charge in [0.15, 0.2) is 0 Å². The van der Waals surface area contributed by atoms with E-state index < -0.39 is 5.41 Å². The SMILES string of the molecule is c1ccc(-c2ccc(N(c3cc(-c4ccccc4)cc(-c4ccc(-c5ccc6c7ccccc7n(-c7ccccc7)c6c5)cc4)c3)c3ccc4c(c3)C3(c5ccccc5-c5ccccc53)c3ccccc3-4)cc2)cc1. The van der Waals surface area contributed by atoms with Crippen molar-refractivity contribution in [3.63, 3.8) is 0 Å². The number of anilines is 3. The molecule has 2 aliphatic carbocycles. The van der Waals surface area contributed by atoms with Crippen molar-refractivity contribution < 1.29 is 0 Å². The number of nitrogens with zero attached hydrogens (tertiary/aromatic N) is 2. The fourth-order valence-electron chi connectivity index (χ4n) is 12.7. The van der Waals surface area contributed by atoms with Crippen molar-refractivity contribution in [1.82, 2.24) is 4.57 Å². The van der Waals surface area contributed by atoms with Crippen LogP contribution >= 0.6 is 0 Å². The van der Waals surface area contributed by atoms with E-state index in [2.05, 4.69) is 301 Å². The number of hydrogen-bond donors (Lipinski definition) is 0. The zero-order chi connectivity index (χ0) is 49.5. The molecule has 350 valence electrons. The van der Waals surface area contributed by atoms with Crippen molar-refractivity contribution in [3.8, 4) is 72.4 Å². The summed E-state index contributed by atoms with van der Waals surface area (Å²) >= 11 is 0. The van der Waals surface area contributed by atoms with Crippen LogP contribution in [0.25, 0.3) is 94.3 Å². The van der Waals surface area contributed by atoms with Gasteiger partial charge in [0.05, 0.1) is 16.4 Å². The van der Waals surface area contributed by atoms with Gasteiger partial charge in [-0.1, -0.05) is 224 Å². The molecule has 2 nitrogen and oxygen atoms in total. The molecule has 0 saturated heterocycles. The maximum Gasteiger partial charge on any atom is 0.0726 e. The predicted octanol–water partition coefficient (Wildman–Crippen LogP) is 19.3. The summed E-state index contributed by atoms with van der Waals surface area (Å²) < 4.78 is 2.39. The summed E-state index contributed by atoms with van der Waals surface area (Å²) in [5.74, 6) is 0. The lowest BCUT2D eigenvalue weighted by Crippen LogP contribution is -2.26. The maximum absolute atomic E-state index is 2.50. The molecule has 75 heavy (non-hydrogen) atoms. The molecule has 0 fully saturated rings. The van der Waals surface area contributed by atoms with Gasteiger partial charge in [-0.25, -0.2) is 0 Å². The highest BCUT2D eigenvalue weighted by molar-refractivity contribution is 6.10. The Morgan fingerprint density at radius 2 is 0.667 bits per heavy atom. The molecule has 2 heteroatoms. The summed E-state index contributed by atoms with van der Waals surface area (Å²) in [5, 5.41) is 2.51. The Balaban J connectivity index is 0.905. The highest BCUT2D eigenvalue weighted by Gasteiger charge is 2.51. The largest absolute Gasteiger partial charge is 0.310 e. The quantitative estimate of drug-likeness (QED) is 0.147. The molecule has 0 N–H and O–H groups in total. The average molecular weight is 953 g/mol. The molecule has 0 amide bonds. The molecule has 13 aromatic rings. The van der Waals surface area contributed by atoms with Gasteiger partial charge >= 0.3 is 0 Å². The van der Waals surface area contributed by atoms with Crippen LogP contribution in [-0.2, 0) is 5.41 Å². The fourth-order valence-corrected chi connectivity index (χ4v) is 12.7. The summed E-state index contributed by atoms with van der Waals surface area (Å²) in [6.45, 7) is 0. The van der Waals surface area contributed by atoms with E-state index in [1.54, 1.807) is 0 Å². The average Bonchev–Trinajstić information content (AvgIpc) is 4.29. The van der Waals surface area contributed by atoms with Crippen LogP contribution in [0.5, 0.6) is 0 Å². The van der Waals surface area contributed by atoms with E-state index in [0.29, 0.717) is 0 Å². The van der Waals surface area contributed by atoms with Crippen LogP contribution in [-0.4, -0.2) is 4.57 Å². The van der Waals surface area contributed by atoms with E-state index in [4.69, 9.17) is 0 Å². The molecule has 15 rings (SSSR count). The molecule has 0 unspecified atom stereocenters. The lowest BCUT2D eigenvalue weighted by molar-refractivity contribution is 0.793. The van der Waals surface area contributed by atoms with Gasteiger partial charge in [-0.3, -0.25) is 0 Å². The van der Waals surface area contributed by atoms with Crippen LogP contribution in [0.2, 0.25) is 0 Å². The maximum atomic E-state index is 2.50. The predicted molar refractivity (Wildman–Crippen MR) is 314 cm³/mol. The Bertz CT molecular complexity index is 4260. The molecule has 0 saturated carbocycles. The topological polar surface area (TPSA) is 8.17 Å². The summed E-state index contributed by atoms with van der Waals surface area (Å²) in [6.07, 6.45) is 0. The molecule has 0 radical (unpaired) electrons. The molecule has 2 aliphatic rings. The Hall–Kier alpha value is -9.76. The lowest BCUT2D eigenvalue weighted by atomic mass is 9.70. The second-order valence-corrected chi connectivity index (χ2v) is 20.0. The van der Waals surface area contributed by atoms with Gasteiger partial charge in [0.1, 0.15) is 0 Å². The van der Waals surface area contributed by atoms with Crippen LogP contribution in [0.15, 0.2) is 291 Å². The minimum absolute atomic E-state index is 0.473. The number of fused-ring (bicyclic) bond motifs is 13. The van der Waals surface area contributed by atoms with E-state index in [1.807, 2.05) is 0 Å². The summed E-state index contributed by atoms with van der Waals surface area (Å²) in [7, 11) is 0. The Morgan fingerprint density at radius 1 is 0.240 bits per heavy atom. The van der Waals surface area contributed by atoms with Crippen LogP contribution in [0.3, 0.4) is 0 Å². The highest BCUT2D eigenvalue weighted by atomic mass is 15.1. The molecule has 0 aliphatic heterocycles. The summed E-state index contributed by atoms with van der Waals surface area (Å²) in [4.78, 5) is 2.48. The first-order valence-electron chi connectivity index (χ1n) is 26.0. The highest BCUT2D eigenvalue weighted by Crippen LogP contribution is 2.63. The number of benzene rings is 12. The van der Waals surface area contributed by atoms with Gasteiger partial charge in [0.2, 0.25) is 0 Å². The third-order valence-corrected chi connectivity index (χ3v) is 16.0. The van der Waals surface area contributed by atoms with E-state index in [0.717, 1.165) is 39.4 Å². The van der Waals surface area contributed by atoms with Gasteiger partial charge < -0.3 is 9.47 Å². The first-order valence-corrected chi connectivity index (χ1v) is 26.0. The van der Waals surface area contributed by atoms with Crippen LogP contribution in [0.4, 0.5) is 17.1 Å². The fraction of sp³-hybridized carbons (Fsp3) is 0.0137. The minimum Gasteiger partial charge on any atom is -0.310 e. The second-order valence-electron chi connectivity index (χ2n) is 20.0. The van der Waals surface area contributed by atoms with Crippen molar-refractivity contribution in [1.29, 1.82) is 0 Å². The number of para-hydroxylation sites is 2. The van der Waals surface area contributed by atoms with Gasteiger partial charge in [-0.05, 0) is 156 Å². The van der Waals surface area contributed by atoms with Gasteiger partial charge in [0, 0.05) is 33.5 Å². The van der Waals surface area contributed by atoms with E-state index in [1.165, 1.54) is 94.1 Å². The van der Waals surface area contributed by atoms with Gasteiger partial charge in [-0.15, -0.1) is 0 Å². The third kappa shape index (κ3) is 6.73. The van der Waals surface area contributed by atoms with Crippen molar-refractivity contribution in [3.05, 3.63) is 313 Å². The van der Waals surface area contributed by atoms with E-state index in [9.17, 15) is 0 Å². The zero-order valence-corrected chi connectivity index (χ0v) is 41.1. The monoisotopic (exact) mass is 952 g/mol. The number of aromatic nitrogens is 1. The Kier molecular flexibility index (Phi) is 9.83. The number of rotatable bonds is 8. The first kappa shape index (κ1) is 42.9. The van der Waals surface area contributed by atoms with Gasteiger partial charge in [-0.2, -0.15) is 0 Å². The van der Waals surface area contributed by atoms with Crippen molar-refractivity contribution in [2.24, 2.45) is 0 Å². The molecule has 1 spiro atoms. The van der Waals surface area contributed by atoms with Crippen molar-refractivity contribution in [2.45, 2.75) is 5.41 Å². The molecule has 0 bridgehead atoms. The smallest absolute Gasteiger partial charge is 0.0726 e. The van der Waals surface area contributed by atoms with Crippen molar-refractivity contribution >= 4 is 38.9 Å². The molecule has 12 aromatic carbocycles. The number of hydrogen-bond acceptors (Lipinski definition) is 1. The molecule has 1 aromatic heterocycles. The van der Waals surface area contributed by atoms with Crippen molar-refractivity contribution in [2.75, 3.05) is 4.90 Å². The van der Waals surface area contributed by atoms with E-state index in [-0.39, 0.29) is 0 Å². The summed E-state index contributed by atoms with van der Waals surface area (Å²) in [5.41, 5.74) is 26.2. The second kappa shape index (κ2) is 17.2. The standard InChI is InChI=1S/C73H48N2/c1-4-18-49(19-5-1)51-36-39-58(40-37-51)74(59-41-43-64-63-26-12-16-30-69(63)73(70(64)48-59)67-28-14-10-24-61(67)62-25-11-15-29-68(62)73)60-45-55(50-20-6-2-7-21-50)44-56(46-60)53-34-32-52(33-35-53)54-38-42-66-65-27-13-17-31-71(65)75(72(66)47-54)57-22-8-3-9-23-57/h1-48H.